The smallest absolute Gasteiger partial charge is 0.135 e. The van der Waals surface area contributed by atoms with E-state index in [9.17, 15) is 0 Å². The van der Waals surface area contributed by atoms with E-state index in [1.807, 2.05) is 34.9 Å². The van der Waals surface area contributed by atoms with Gasteiger partial charge < -0.3 is 19.1 Å². The van der Waals surface area contributed by atoms with Crippen molar-refractivity contribution < 1.29 is 29.9 Å². The third-order valence-corrected chi connectivity index (χ3v) is 13.7. The molecule has 2 aromatic heterocycles. The van der Waals surface area contributed by atoms with Crippen molar-refractivity contribution in [3.63, 3.8) is 0 Å². The Kier molecular flexibility index (Phi) is 11.8. The predicted octanol–water partition coefficient (Wildman–Crippen LogP) is 17.8. The van der Waals surface area contributed by atoms with Crippen LogP contribution < -0.4 is 14.5 Å². The van der Waals surface area contributed by atoms with Crippen LogP contribution >= 0.6 is 0 Å². The third-order valence-electron chi connectivity index (χ3n) is 13.7. The molecule has 5 nitrogen and oxygen atoms in total. The molecule has 1 aliphatic rings. The standard InChI is InChI=1S/C65H65N4O.Pt/c1-42-31-61(66-40-56(42)44-21-17-22-46(32-44)62(2,3)4)69-57-29-25-47(63(5,6)7)36-55(57)54-28-27-53(39-59(54)69)70-52-24-18-23-50(38-52)67-41-68(58-30-26-48(37-60(58)67)64(8,9)10)51-34-45(43-19-15-14-16-20-43)33-49(35-51)65(11,12)13;/h14-37,40-41H,1-13H3;/q-3;/i1D3;. The number of pyridine rings is 1. The van der Waals surface area contributed by atoms with Gasteiger partial charge in [0, 0.05) is 71.0 Å². The first-order valence-electron chi connectivity index (χ1n) is 25.9. The van der Waals surface area contributed by atoms with Crippen molar-refractivity contribution in [2.45, 2.75) is 112 Å². The average molecular weight is 1120 g/mol. The second-order valence-corrected chi connectivity index (χ2v) is 23.0. The van der Waals surface area contributed by atoms with E-state index in [2.05, 4.69) is 221 Å². The molecule has 0 atom stereocenters. The molecule has 7 aromatic carbocycles. The van der Waals surface area contributed by atoms with Gasteiger partial charge in [-0.05, 0) is 115 Å². The first kappa shape index (κ1) is 45.7. The fourth-order valence-electron chi connectivity index (χ4n) is 9.40. The molecule has 1 aliphatic heterocycles. The topological polar surface area (TPSA) is 33.5 Å². The predicted molar refractivity (Wildman–Crippen MR) is 295 cm³/mol. The van der Waals surface area contributed by atoms with Gasteiger partial charge in [0.2, 0.25) is 0 Å². The van der Waals surface area contributed by atoms with E-state index >= 15 is 0 Å². The third kappa shape index (κ3) is 9.71. The molecule has 0 unspecified atom stereocenters. The van der Waals surface area contributed by atoms with Crippen LogP contribution in [0.25, 0.3) is 49.9 Å². The molecule has 0 radical (unpaired) electrons. The van der Waals surface area contributed by atoms with E-state index < -0.39 is 6.85 Å². The quantitative estimate of drug-likeness (QED) is 0.149. The molecule has 0 bridgehead atoms. The van der Waals surface area contributed by atoms with E-state index in [4.69, 9.17) is 13.8 Å². The summed E-state index contributed by atoms with van der Waals surface area (Å²) in [7, 11) is 0. The number of rotatable bonds is 7. The molecule has 0 saturated heterocycles. The molecule has 10 rings (SSSR count). The number of aromatic nitrogens is 2. The summed E-state index contributed by atoms with van der Waals surface area (Å²) in [5.41, 5.74) is 14.0. The molecule has 0 spiro atoms. The van der Waals surface area contributed by atoms with E-state index in [0.717, 1.165) is 55.7 Å². The minimum Gasteiger partial charge on any atom is -0.509 e. The summed E-state index contributed by atoms with van der Waals surface area (Å²) in [6, 6.07) is 57.9. The summed E-state index contributed by atoms with van der Waals surface area (Å²) in [6.45, 7) is 26.4. The van der Waals surface area contributed by atoms with Gasteiger partial charge in [0.25, 0.3) is 0 Å². The Labute approximate surface area is 441 Å². The first-order chi connectivity index (χ1) is 34.3. The number of benzene rings is 7. The van der Waals surface area contributed by atoms with Crippen LogP contribution in [-0.4, -0.2) is 9.55 Å². The van der Waals surface area contributed by atoms with Gasteiger partial charge in [-0.1, -0.05) is 167 Å². The molecule has 6 heteroatoms. The second kappa shape index (κ2) is 18.3. The Morgan fingerprint density at radius 3 is 1.89 bits per heavy atom. The number of fused-ring (bicyclic) bond motifs is 4. The normalized spacial score (nSPS) is 14.0. The molecule has 3 heterocycles. The van der Waals surface area contributed by atoms with Crippen molar-refractivity contribution in [3.8, 4) is 39.6 Å². The largest absolute Gasteiger partial charge is 0.509 e. The Bertz CT molecular complexity index is 3570. The summed E-state index contributed by atoms with van der Waals surface area (Å²) < 4.78 is 35.1. The molecule has 364 valence electrons. The Morgan fingerprint density at radius 1 is 0.521 bits per heavy atom. The van der Waals surface area contributed by atoms with Gasteiger partial charge in [-0.2, -0.15) is 12.1 Å². The molecule has 0 saturated carbocycles. The number of hydrogen-bond donors (Lipinski definition) is 0. The monoisotopic (exact) mass is 1120 g/mol. The van der Waals surface area contributed by atoms with E-state index in [1.165, 1.54) is 27.8 Å². The van der Waals surface area contributed by atoms with Gasteiger partial charge in [0.05, 0.1) is 0 Å². The maximum atomic E-state index is 8.78. The zero-order valence-corrected chi connectivity index (χ0v) is 45.3. The number of ether oxygens (including phenoxy) is 1. The molecule has 9 aromatic rings. The van der Waals surface area contributed by atoms with E-state index in [-0.39, 0.29) is 48.3 Å². The van der Waals surface area contributed by atoms with Crippen LogP contribution in [-0.2, 0) is 42.7 Å². The van der Waals surface area contributed by atoms with Crippen LogP contribution in [0.5, 0.6) is 11.5 Å². The van der Waals surface area contributed by atoms with Gasteiger partial charge in [0.15, 0.2) is 0 Å². The molecule has 0 amide bonds. The maximum Gasteiger partial charge on any atom is 0.135 e. The fraction of sp³-hybridized carbons (Fsp3) is 0.262. The van der Waals surface area contributed by atoms with Crippen LogP contribution in [0.3, 0.4) is 0 Å². The van der Waals surface area contributed by atoms with Crippen LogP contribution in [0.4, 0.5) is 22.7 Å². The average Bonchev–Trinajstić information content (AvgIpc) is 3.88. The van der Waals surface area contributed by atoms with Crippen LogP contribution in [0.2, 0.25) is 0 Å². The molecule has 0 aliphatic carbocycles. The van der Waals surface area contributed by atoms with Crippen molar-refractivity contribution in [2.24, 2.45) is 0 Å². The SMILES string of the molecule is [2H]C([2H])([2H])c1cc(-n2c3[c-]c(Oc4[c-]c(N5[CH-]N(c6cc(-c7ccccc7)cc(C(C)(C)C)c6)c6ccc(C(C)(C)C)cc65)ccc4)ccc3c3cc(C(C)(C)C)ccc32)ncc1-c1cccc(C(C)(C)C)c1.[Pt]. The summed E-state index contributed by atoms with van der Waals surface area (Å²) in [5, 5.41) is 1.97. The molecular weight excluding hydrogens is 1050 g/mol. The van der Waals surface area contributed by atoms with Crippen molar-refractivity contribution in [1.82, 2.24) is 9.55 Å². The summed E-state index contributed by atoms with van der Waals surface area (Å²) in [4.78, 5) is 9.54. The summed E-state index contributed by atoms with van der Waals surface area (Å²) in [6.07, 6.45) is 1.71. The minimum atomic E-state index is -2.41. The molecule has 0 fully saturated rings. The maximum absolute atomic E-state index is 8.78. The number of aryl methyl sites for hydroxylation is 1. The van der Waals surface area contributed by atoms with Crippen LogP contribution in [0.15, 0.2) is 152 Å². The molecule has 0 N–H and O–H groups in total. The zero-order chi connectivity index (χ0) is 52.0. The Morgan fingerprint density at radius 2 is 1.17 bits per heavy atom. The van der Waals surface area contributed by atoms with Gasteiger partial charge in [0.1, 0.15) is 5.82 Å². The number of anilines is 4. The van der Waals surface area contributed by atoms with Crippen molar-refractivity contribution >= 4 is 44.6 Å². The van der Waals surface area contributed by atoms with Gasteiger partial charge in [-0.25, -0.2) is 4.98 Å². The fourth-order valence-corrected chi connectivity index (χ4v) is 9.40. The van der Waals surface area contributed by atoms with Crippen molar-refractivity contribution in [3.05, 3.63) is 198 Å². The Hall–Kier alpha value is -6.42. The molecule has 71 heavy (non-hydrogen) atoms. The number of hydrogen-bond acceptors (Lipinski definition) is 4. The second-order valence-electron chi connectivity index (χ2n) is 23.0. The summed E-state index contributed by atoms with van der Waals surface area (Å²) >= 11 is 0. The van der Waals surface area contributed by atoms with Crippen LogP contribution in [0, 0.1) is 25.7 Å². The van der Waals surface area contributed by atoms with Crippen LogP contribution in [0.1, 0.15) is 115 Å². The number of nitrogens with zero attached hydrogens (tertiary/aromatic N) is 4. The van der Waals surface area contributed by atoms with Gasteiger partial charge >= 0.3 is 0 Å². The van der Waals surface area contributed by atoms with Crippen molar-refractivity contribution in [2.75, 3.05) is 9.80 Å². The zero-order valence-electron chi connectivity index (χ0n) is 46.0. The first-order valence-corrected chi connectivity index (χ1v) is 24.4. The van der Waals surface area contributed by atoms with E-state index in [1.54, 1.807) is 12.3 Å². The molecular formula is C65H65N4OPt-3. The minimum absolute atomic E-state index is 0. The van der Waals surface area contributed by atoms with Crippen molar-refractivity contribution in [1.29, 1.82) is 0 Å². The van der Waals surface area contributed by atoms with Gasteiger partial charge in [-0.15, -0.1) is 48.1 Å². The summed E-state index contributed by atoms with van der Waals surface area (Å²) in [5.74, 6) is 1.50. The van der Waals surface area contributed by atoms with E-state index in [0.29, 0.717) is 22.9 Å². The van der Waals surface area contributed by atoms with Gasteiger partial charge in [-0.3, -0.25) is 0 Å². The Balaban J connectivity index is 0.00000672.